The summed E-state index contributed by atoms with van der Waals surface area (Å²) in [6.45, 7) is 6.69. The molecule has 3 aromatic rings. The van der Waals surface area contributed by atoms with E-state index >= 15 is 0 Å². The molecule has 0 N–H and O–H groups in total. The SMILES string of the molecule is COc1ccc2c(c1)C1=NO[C@@H](CN3CCN(Cc4cccc5ccccc45)CC3)[C@@H]1CO2. The Balaban J connectivity index is 1.07. The highest BCUT2D eigenvalue weighted by atomic mass is 16.6. The van der Waals surface area contributed by atoms with Gasteiger partial charge in [0.1, 0.15) is 23.8 Å². The van der Waals surface area contributed by atoms with Crippen LogP contribution in [-0.2, 0) is 11.4 Å². The van der Waals surface area contributed by atoms with Gasteiger partial charge in [-0.25, -0.2) is 0 Å². The molecule has 1 fully saturated rings. The number of rotatable bonds is 5. The van der Waals surface area contributed by atoms with E-state index in [-0.39, 0.29) is 12.0 Å². The van der Waals surface area contributed by atoms with Gasteiger partial charge < -0.3 is 14.3 Å². The number of nitrogens with zero attached hydrogens (tertiary/aromatic N) is 3. The number of benzene rings is 3. The van der Waals surface area contributed by atoms with E-state index in [4.69, 9.17) is 14.3 Å². The van der Waals surface area contributed by atoms with Gasteiger partial charge in [0.25, 0.3) is 0 Å². The van der Waals surface area contributed by atoms with Crippen LogP contribution in [0.25, 0.3) is 10.8 Å². The van der Waals surface area contributed by atoms with Gasteiger partial charge in [0.15, 0.2) is 6.10 Å². The van der Waals surface area contributed by atoms with Crippen molar-refractivity contribution in [3.05, 3.63) is 71.8 Å². The van der Waals surface area contributed by atoms with E-state index in [1.807, 2.05) is 18.2 Å². The smallest absolute Gasteiger partial charge is 0.151 e. The minimum absolute atomic E-state index is 0.0315. The van der Waals surface area contributed by atoms with Crippen LogP contribution in [0.4, 0.5) is 0 Å². The highest BCUT2D eigenvalue weighted by Crippen LogP contribution is 2.36. The first-order chi connectivity index (χ1) is 16.3. The highest BCUT2D eigenvalue weighted by molar-refractivity contribution is 6.06. The molecule has 3 aliphatic rings. The molecule has 33 heavy (non-hydrogen) atoms. The summed E-state index contributed by atoms with van der Waals surface area (Å²) in [5, 5.41) is 7.14. The van der Waals surface area contributed by atoms with Crippen LogP contribution in [0, 0.1) is 5.92 Å². The minimum Gasteiger partial charge on any atom is -0.497 e. The maximum absolute atomic E-state index is 6.03. The van der Waals surface area contributed by atoms with Crippen LogP contribution >= 0.6 is 0 Å². The summed E-state index contributed by atoms with van der Waals surface area (Å²) in [7, 11) is 1.68. The molecule has 0 saturated carbocycles. The summed E-state index contributed by atoms with van der Waals surface area (Å²) in [5.74, 6) is 1.84. The first-order valence-electron chi connectivity index (χ1n) is 11.7. The second-order valence-corrected chi connectivity index (χ2v) is 9.12. The Labute approximate surface area is 194 Å². The summed E-state index contributed by atoms with van der Waals surface area (Å²) < 4.78 is 11.4. The highest BCUT2D eigenvalue weighted by Gasteiger charge is 2.41. The number of piperazine rings is 1. The number of hydrogen-bond acceptors (Lipinski definition) is 6. The fourth-order valence-corrected chi connectivity index (χ4v) is 5.23. The standard InChI is InChI=1S/C27H29N3O3/c1-31-21-9-10-25-23(15-21)27-24(18-32-25)26(33-28-27)17-30-13-11-29(12-14-30)16-20-7-4-6-19-5-2-3-8-22(19)20/h2-10,15,24,26H,11-14,16-18H2,1H3/t24-,26-/m0/s1. The average molecular weight is 444 g/mol. The number of oxime groups is 1. The predicted molar refractivity (Wildman–Crippen MR) is 129 cm³/mol. The van der Waals surface area contributed by atoms with E-state index in [9.17, 15) is 0 Å². The molecule has 6 rings (SSSR count). The first-order valence-corrected chi connectivity index (χ1v) is 11.7. The molecule has 0 radical (unpaired) electrons. The summed E-state index contributed by atoms with van der Waals surface area (Å²) in [6, 6.07) is 21.2. The van der Waals surface area contributed by atoms with Crippen LogP contribution in [0.3, 0.4) is 0 Å². The van der Waals surface area contributed by atoms with E-state index < -0.39 is 0 Å². The molecule has 3 aromatic carbocycles. The predicted octanol–water partition coefficient (Wildman–Crippen LogP) is 3.78. The van der Waals surface area contributed by atoms with Gasteiger partial charge in [0.05, 0.1) is 13.0 Å². The van der Waals surface area contributed by atoms with Crippen LogP contribution in [-0.4, -0.2) is 68.1 Å². The zero-order valence-corrected chi connectivity index (χ0v) is 18.9. The largest absolute Gasteiger partial charge is 0.497 e. The third kappa shape index (κ3) is 3.94. The molecular weight excluding hydrogens is 414 g/mol. The number of methoxy groups -OCH3 is 1. The van der Waals surface area contributed by atoms with Gasteiger partial charge in [-0.15, -0.1) is 0 Å². The fraction of sp³-hybridized carbons (Fsp3) is 0.370. The Hall–Kier alpha value is -3.09. The van der Waals surface area contributed by atoms with Crippen LogP contribution in [0.15, 0.2) is 65.8 Å². The second kappa shape index (κ2) is 8.69. The number of fused-ring (bicyclic) bond motifs is 4. The molecule has 6 nitrogen and oxygen atoms in total. The Morgan fingerprint density at radius 1 is 0.970 bits per heavy atom. The van der Waals surface area contributed by atoms with Gasteiger partial charge in [-0.2, -0.15) is 0 Å². The van der Waals surface area contributed by atoms with Crippen molar-refractivity contribution in [2.45, 2.75) is 12.6 Å². The quantitative estimate of drug-likeness (QED) is 0.601. The van der Waals surface area contributed by atoms with Crippen LogP contribution < -0.4 is 9.47 Å². The van der Waals surface area contributed by atoms with E-state index in [1.54, 1.807) is 7.11 Å². The molecule has 3 heterocycles. The van der Waals surface area contributed by atoms with Gasteiger partial charge in [-0.1, -0.05) is 47.6 Å². The third-order valence-corrected chi connectivity index (χ3v) is 7.14. The monoisotopic (exact) mass is 443 g/mol. The van der Waals surface area contributed by atoms with Gasteiger partial charge in [-0.05, 0) is 34.5 Å². The van der Waals surface area contributed by atoms with E-state index in [1.165, 1.54) is 16.3 Å². The van der Waals surface area contributed by atoms with Crippen molar-refractivity contribution in [1.29, 1.82) is 0 Å². The van der Waals surface area contributed by atoms with E-state index in [0.717, 1.165) is 62.0 Å². The molecule has 6 heteroatoms. The summed E-state index contributed by atoms with van der Waals surface area (Å²) in [5.41, 5.74) is 3.40. The van der Waals surface area contributed by atoms with E-state index in [0.29, 0.717) is 6.61 Å². The fourth-order valence-electron chi connectivity index (χ4n) is 5.23. The Kier molecular flexibility index (Phi) is 5.40. The van der Waals surface area contributed by atoms with Crippen molar-refractivity contribution in [2.24, 2.45) is 11.1 Å². The number of hydrogen-bond donors (Lipinski definition) is 0. The van der Waals surface area contributed by atoms with E-state index in [2.05, 4.69) is 57.4 Å². The number of ether oxygens (including phenoxy) is 2. The molecule has 0 aromatic heterocycles. The average Bonchev–Trinajstić information content (AvgIpc) is 3.28. The molecule has 170 valence electrons. The molecule has 2 atom stereocenters. The van der Waals surface area contributed by atoms with Crippen molar-refractivity contribution >= 4 is 16.5 Å². The Morgan fingerprint density at radius 3 is 2.67 bits per heavy atom. The van der Waals surface area contributed by atoms with Crippen molar-refractivity contribution in [2.75, 3.05) is 46.4 Å². The van der Waals surface area contributed by atoms with Crippen LogP contribution in [0.1, 0.15) is 11.1 Å². The van der Waals surface area contributed by atoms with Gasteiger partial charge >= 0.3 is 0 Å². The molecule has 0 unspecified atom stereocenters. The van der Waals surface area contributed by atoms with Crippen molar-refractivity contribution < 1.29 is 14.3 Å². The molecule has 0 amide bonds. The molecule has 0 bridgehead atoms. The lowest BCUT2D eigenvalue weighted by atomic mass is 9.90. The summed E-state index contributed by atoms with van der Waals surface area (Å²) >= 11 is 0. The van der Waals surface area contributed by atoms with Gasteiger partial charge in [-0.3, -0.25) is 9.80 Å². The van der Waals surface area contributed by atoms with Crippen LogP contribution in [0.5, 0.6) is 11.5 Å². The normalized spacial score (nSPS) is 22.8. The molecule has 0 aliphatic carbocycles. The topological polar surface area (TPSA) is 46.5 Å². The Morgan fingerprint density at radius 2 is 1.79 bits per heavy atom. The molecule has 0 spiro atoms. The minimum atomic E-state index is 0.0315. The van der Waals surface area contributed by atoms with Crippen molar-refractivity contribution in [1.82, 2.24) is 9.80 Å². The molecule has 3 aliphatic heterocycles. The first kappa shape index (κ1) is 20.5. The van der Waals surface area contributed by atoms with Crippen molar-refractivity contribution in [3.8, 4) is 11.5 Å². The lowest BCUT2D eigenvalue weighted by molar-refractivity contribution is 0.00854. The van der Waals surface area contributed by atoms with Crippen LogP contribution in [0.2, 0.25) is 0 Å². The molecular formula is C27H29N3O3. The zero-order valence-electron chi connectivity index (χ0n) is 18.9. The summed E-state index contributed by atoms with van der Waals surface area (Å²) in [6.07, 6.45) is 0.0315. The third-order valence-electron chi connectivity index (χ3n) is 7.14. The Bertz CT molecular complexity index is 1180. The second-order valence-electron chi connectivity index (χ2n) is 9.12. The van der Waals surface area contributed by atoms with Gasteiger partial charge in [0.2, 0.25) is 0 Å². The maximum Gasteiger partial charge on any atom is 0.151 e. The van der Waals surface area contributed by atoms with Crippen molar-refractivity contribution in [3.63, 3.8) is 0 Å². The maximum atomic E-state index is 6.03. The summed E-state index contributed by atoms with van der Waals surface area (Å²) in [4.78, 5) is 11.0. The lowest BCUT2D eigenvalue weighted by Crippen LogP contribution is -2.50. The lowest BCUT2D eigenvalue weighted by Gasteiger charge is -2.36. The zero-order chi connectivity index (χ0) is 22.2. The van der Waals surface area contributed by atoms with Gasteiger partial charge in [0, 0.05) is 44.8 Å². The molecule has 1 saturated heterocycles.